The summed E-state index contributed by atoms with van der Waals surface area (Å²) < 4.78 is 33.5. The van der Waals surface area contributed by atoms with Crippen LogP contribution in [0.3, 0.4) is 0 Å². The van der Waals surface area contributed by atoms with Crippen molar-refractivity contribution in [1.29, 1.82) is 0 Å². The first-order valence-electron chi connectivity index (χ1n) is 9.73. The summed E-state index contributed by atoms with van der Waals surface area (Å²) in [7, 11) is -3.63. The highest BCUT2D eigenvalue weighted by atomic mass is 32.2. The number of aromatic nitrogens is 2. The maximum Gasteiger partial charge on any atom is 0.257 e. The molecule has 1 unspecified atom stereocenters. The summed E-state index contributed by atoms with van der Waals surface area (Å²) in [6, 6.07) is 5.14. The third-order valence-corrected chi connectivity index (χ3v) is 6.88. The van der Waals surface area contributed by atoms with Crippen molar-refractivity contribution in [3.63, 3.8) is 0 Å². The van der Waals surface area contributed by atoms with Crippen molar-refractivity contribution in [1.82, 2.24) is 19.6 Å². The van der Waals surface area contributed by atoms with Crippen LogP contribution in [0.15, 0.2) is 35.6 Å². The number of hydrogen-bond donors (Lipinski definition) is 1. The highest BCUT2D eigenvalue weighted by molar-refractivity contribution is 7.89. The molecule has 154 valence electrons. The van der Waals surface area contributed by atoms with Gasteiger partial charge in [0.15, 0.2) is 0 Å². The third-order valence-electron chi connectivity index (χ3n) is 5.45. The summed E-state index contributed by atoms with van der Waals surface area (Å²) in [5, 5.41) is 0. The predicted molar refractivity (Wildman–Crippen MR) is 106 cm³/mol. The summed E-state index contributed by atoms with van der Waals surface area (Å²) in [5.74, 6) is -0.140. The predicted octanol–water partition coefficient (Wildman–Crippen LogP) is 1.44. The van der Waals surface area contributed by atoms with E-state index < -0.39 is 10.0 Å². The number of nitrogens with zero attached hydrogens (tertiary/aromatic N) is 3. The molecule has 1 saturated heterocycles. The Balaban J connectivity index is 1.50. The minimum Gasteiger partial charge on any atom is -0.377 e. The highest BCUT2D eigenvalue weighted by Crippen LogP contribution is 2.24. The summed E-state index contributed by atoms with van der Waals surface area (Å²) in [4.78, 5) is 22.8. The zero-order valence-electron chi connectivity index (χ0n) is 16.3. The molecule has 0 saturated carbocycles. The molecule has 2 aromatic rings. The van der Waals surface area contributed by atoms with E-state index in [-0.39, 0.29) is 23.5 Å². The Bertz CT molecular complexity index is 1020. The number of nitrogens with one attached hydrogen (secondary N) is 1. The van der Waals surface area contributed by atoms with Crippen LogP contribution in [0.4, 0.5) is 0 Å². The van der Waals surface area contributed by atoms with E-state index in [4.69, 9.17) is 4.74 Å². The fourth-order valence-electron chi connectivity index (χ4n) is 3.74. The first kappa shape index (κ1) is 19.9. The Hall–Kier alpha value is -2.36. The Labute approximate surface area is 170 Å². The Morgan fingerprint density at radius 2 is 2.21 bits per heavy atom. The molecular formula is C20H24N4O4S. The molecule has 2 aliphatic rings. The molecule has 0 aliphatic carbocycles. The molecule has 1 N–H and O–H groups in total. The van der Waals surface area contributed by atoms with Crippen molar-refractivity contribution in [2.75, 3.05) is 19.7 Å². The van der Waals surface area contributed by atoms with Gasteiger partial charge in [-0.1, -0.05) is 6.07 Å². The van der Waals surface area contributed by atoms with Crippen molar-refractivity contribution in [2.45, 2.75) is 43.7 Å². The molecule has 29 heavy (non-hydrogen) atoms. The summed E-state index contributed by atoms with van der Waals surface area (Å²) in [6.07, 6.45) is 5.38. The molecular weight excluding hydrogens is 392 g/mol. The van der Waals surface area contributed by atoms with E-state index in [2.05, 4.69) is 14.7 Å². The molecule has 1 aromatic carbocycles. The van der Waals surface area contributed by atoms with E-state index in [0.717, 1.165) is 24.0 Å². The van der Waals surface area contributed by atoms with E-state index in [1.165, 1.54) is 12.5 Å². The topological polar surface area (TPSA) is 101 Å². The number of aryl methyl sites for hydroxylation is 1. The molecule has 1 fully saturated rings. The number of carbonyl (C=O) groups excluding carboxylic acids is 1. The van der Waals surface area contributed by atoms with Crippen LogP contribution in [0.1, 0.15) is 40.0 Å². The number of rotatable bonds is 5. The van der Waals surface area contributed by atoms with Crippen LogP contribution in [0.2, 0.25) is 0 Å². The van der Waals surface area contributed by atoms with Gasteiger partial charge in [-0.3, -0.25) is 4.79 Å². The molecule has 8 nitrogen and oxygen atoms in total. The first-order chi connectivity index (χ1) is 13.9. The lowest BCUT2D eigenvalue weighted by atomic mass is 9.99. The molecule has 1 atom stereocenters. The van der Waals surface area contributed by atoms with Crippen LogP contribution >= 0.6 is 0 Å². The number of carbonyl (C=O) groups is 1. The van der Waals surface area contributed by atoms with Crippen molar-refractivity contribution in [3.05, 3.63) is 53.1 Å². The quantitative estimate of drug-likeness (QED) is 0.791. The molecule has 1 amide bonds. The third kappa shape index (κ3) is 4.31. The summed E-state index contributed by atoms with van der Waals surface area (Å²) in [5.41, 5.74) is 3.01. The van der Waals surface area contributed by atoms with Gasteiger partial charge in [0.1, 0.15) is 6.33 Å². The Morgan fingerprint density at radius 3 is 2.97 bits per heavy atom. The molecule has 0 bridgehead atoms. The van der Waals surface area contributed by atoms with E-state index in [1.807, 2.05) is 6.07 Å². The molecule has 3 heterocycles. The highest BCUT2D eigenvalue weighted by Gasteiger charge is 2.26. The van der Waals surface area contributed by atoms with Gasteiger partial charge in [0.25, 0.3) is 5.91 Å². The van der Waals surface area contributed by atoms with Crippen molar-refractivity contribution >= 4 is 15.9 Å². The molecule has 4 rings (SSSR count). The van der Waals surface area contributed by atoms with Crippen molar-refractivity contribution < 1.29 is 17.9 Å². The zero-order valence-corrected chi connectivity index (χ0v) is 17.1. The van der Waals surface area contributed by atoms with Crippen LogP contribution in [-0.2, 0) is 27.7 Å². The van der Waals surface area contributed by atoms with Crippen molar-refractivity contribution in [3.8, 4) is 0 Å². The average molecular weight is 417 g/mol. The van der Waals surface area contributed by atoms with Gasteiger partial charge in [-0.05, 0) is 49.4 Å². The second-order valence-corrected chi connectivity index (χ2v) is 9.18. The summed E-state index contributed by atoms with van der Waals surface area (Å²) >= 11 is 0. The van der Waals surface area contributed by atoms with Gasteiger partial charge in [0.05, 0.1) is 22.3 Å². The largest absolute Gasteiger partial charge is 0.377 e. The molecule has 9 heteroatoms. The Kier molecular flexibility index (Phi) is 5.62. The fraction of sp³-hybridized carbons (Fsp3) is 0.450. The number of sulfonamides is 1. The van der Waals surface area contributed by atoms with Gasteiger partial charge in [0, 0.05) is 32.4 Å². The SMILES string of the molecule is Cc1ncncc1C(=O)N1CCc2ccc(S(=O)(=O)NCC3CCCO3)cc2C1. The van der Waals surface area contributed by atoms with Gasteiger partial charge in [-0.25, -0.2) is 23.1 Å². The molecule has 0 spiro atoms. The van der Waals surface area contributed by atoms with Crippen LogP contribution < -0.4 is 4.72 Å². The number of ether oxygens (including phenoxy) is 1. The maximum atomic E-state index is 12.9. The van der Waals surface area contributed by atoms with Gasteiger partial charge in [-0.15, -0.1) is 0 Å². The smallest absolute Gasteiger partial charge is 0.257 e. The second-order valence-electron chi connectivity index (χ2n) is 7.42. The van der Waals surface area contributed by atoms with Gasteiger partial charge >= 0.3 is 0 Å². The molecule has 2 aliphatic heterocycles. The van der Waals surface area contributed by atoms with Crippen LogP contribution in [0.25, 0.3) is 0 Å². The normalized spacial score (nSPS) is 19.2. The summed E-state index contributed by atoms with van der Waals surface area (Å²) in [6.45, 7) is 3.66. The lowest BCUT2D eigenvalue weighted by Crippen LogP contribution is -2.37. The molecule has 0 radical (unpaired) electrons. The minimum absolute atomic E-state index is 0.0631. The number of amides is 1. The van der Waals surface area contributed by atoms with Gasteiger partial charge < -0.3 is 9.64 Å². The van der Waals surface area contributed by atoms with E-state index >= 15 is 0 Å². The minimum atomic E-state index is -3.63. The van der Waals surface area contributed by atoms with Crippen LogP contribution in [-0.4, -0.2) is 55.0 Å². The number of hydrogen-bond acceptors (Lipinski definition) is 6. The standard InChI is InChI=1S/C20H24N4O4S/c1-14-19(11-21-13-22-14)20(25)24-7-6-15-4-5-18(9-16(15)12-24)29(26,27)23-10-17-3-2-8-28-17/h4-5,9,11,13,17,23H,2-3,6-8,10,12H2,1H3. The van der Waals surface area contributed by atoms with E-state index in [9.17, 15) is 13.2 Å². The Morgan fingerprint density at radius 1 is 1.34 bits per heavy atom. The molecule has 1 aromatic heterocycles. The second kappa shape index (κ2) is 8.17. The van der Waals surface area contributed by atoms with Gasteiger partial charge in [-0.2, -0.15) is 0 Å². The fourth-order valence-corrected chi connectivity index (χ4v) is 4.85. The monoisotopic (exact) mass is 416 g/mol. The van der Waals surface area contributed by atoms with E-state index in [0.29, 0.717) is 37.4 Å². The lowest BCUT2D eigenvalue weighted by molar-refractivity contribution is 0.0733. The first-order valence-corrected chi connectivity index (χ1v) is 11.2. The average Bonchev–Trinajstić information content (AvgIpc) is 3.25. The maximum absolute atomic E-state index is 12.9. The number of benzene rings is 1. The van der Waals surface area contributed by atoms with Crippen LogP contribution in [0.5, 0.6) is 0 Å². The van der Waals surface area contributed by atoms with Crippen LogP contribution in [0, 0.1) is 6.92 Å². The van der Waals surface area contributed by atoms with E-state index in [1.54, 1.807) is 24.0 Å². The van der Waals surface area contributed by atoms with Gasteiger partial charge in [0.2, 0.25) is 10.0 Å². The lowest BCUT2D eigenvalue weighted by Gasteiger charge is -2.29. The van der Waals surface area contributed by atoms with Crippen molar-refractivity contribution in [2.24, 2.45) is 0 Å². The number of fused-ring (bicyclic) bond motifs is 1. The zero-order chi connectivity index (χ0) is 20.4.